The van der Waals surface area contributed by atoms with Crippen LogP contribution in [-0.2, 0) is 4.79 Å². The number of hydrogen-bond acceptors (Lipinski definition) is 4. The summed E-state index contributed by atoms with van der Waals surface area (Å²) in [7, 11) is 0. The van der Waals surface area contributed by atoms with Crippen molar-refractivity contribution in [1.82, 2.24) is 10.3 Å². The number of nitriles is 1. The number of carbonyl (C=O) groups is 1. The first-order chi connectivity index (χ1) is 17.9. The van der Waals surface area contributed by atoms with E-state index in [1.165, 1.54) is 30.5 Å². The van der Waals surface area contributed by atoms with Crippen LogP contribution in [0.4, 0.5) is 14.5 Å². The zero-order valence-electron chi connectivity index (χ0n) is 21.3. The van der Waals surface area contributed by atoms with Crippen molar-refractivity contribution < 1.29 is 13.6 Å². The molecule has 0 spiro atoms. The molecule has 2 heterocycles. The maximum atomic E-state index is 14.2. The van der Waals surface area contributed by atoms with Crippen molar-refractivity contribution in [2.24, 2.45) is 11.3 Å². The van der Waals surface area contributed by atoms with Gasteiger partial charge in [0.05, 0.1) is 17.0 Å². The number of hydrogen-bond donors (Lipinski definition) is 3. The van der Waals surface area contributed by atoms with Gasteiger partial charge in [-0.3, -0.25) is 9.59 Å². The van der Waals surface area contributed by atoms with Gasteiger partial charge >= 0.3 is 0 Å². The third-order valence-corrected chi connectivity index (χ3v) is 6.14. The second kappa shape index (κ2) is 14.6. The summed E-state index contributed by atoms with van der Waals surface area (Å²) in [6, 6.07) is 16.2. The Labute approximate surface area is 231 Å². The van der Waals surface area contributed by atoms with E-state index >= 15 is 0 Å². The number of pyridine rings is 1. The lowest BCUT2D eigenvalue weighted by molar-refractivity contribution is -0.105. The van der Waals surface area contributed by atoms with Crippen molar-refractivity contribution in [2.45, 2.75) is 39.2 Å². The van der Waals surface area contributed by atoms with Crippen LogP contribution in [0.25, 0.3) is 0 Å². The Kier molecular flexibility index (Phi) is 11.9. The Morgan fingerprint density at radius 3 is 2.39 bits per heavy atom. The molecule has 202 valence electrons. The van der Waals surface area contributed by atoms with Crippen LogP contribution in [0.5, 0.6) is 0 Å². The van der Waals surface area contributed by atoms with Crippen LogP contribution in [0.3, 0.4) is 0 Å². The lowest BCUT2D eigenvalue weighted by atomic mass is 9.79. The lowest BCUT2D eigenvalue weighted by Crippen LogP contribution is -2.31. The highest BCUT2D eigenvalue weighted by atomic mass is 35.5. The molecule has 1 amide bonds. The van der Waals surface area contributed by atoms with Crippen LogP contribution < -0.4 is 16.2 Å². The molecule has 3 atom stereocenters. The van der Waals surface area contributed by atoms with Crippen molar-refractivity contribution in [1.29, 1.82) is 5.26 Å². The fourth-order valence-corrected chi connectivity index (χ4v) is 4.38. The molecule has 38 heavy (non-hydrogen) atoms. The average molecular weight is 563 g/mol. The zero-order chi connectivity index (χ0) is 28.3. The van der Waals surface area contributed by atoms with E-state index in [-0.39, 0.29) is 39.7 Å². The number of nitrogens with zero attached hydrogens (tertiary/aromatic N) is 1. The monoisotopic (exact) mass is 562 g/mol. The van der Waals surface area contributed by atoms with E-state index in [0.717, 1.165) is 6.42 Å². The number of amides is 1. The van der Waals surface area contributed by atoms with Crippen LogP contribution in [0.2, 0.25) is 10.0 Å². The molecular formula is C28H30Cl2F2N4O2. The Bertz CT molecular complexity index is 1290. The van der Waals surface area contributed by atoms with E-state index in [1.807, 2.05) is 0 Å². The Morgan fingerprint density at radius 2 is 1.84 bits per heavy atom. The smallest absolute Gasteiger partial charge is 0.249 e. The van der Waals surface area contributed by atoms with Crippen molar-refractivity contribution in [3.8, 4) is 6.07 Å². The van der Waals surface area contributed by atoms with Gasteiger partial charge in [-0.15, -0.1) is 0 Å². The molecular weight excluding hydrogens is 533 g/mol. The fourth-order valence-electron chi connectivity index (χ4n) is 4.02. The van der Waals surface area contributed by atoms with Crippen LogP contribution in [-0.4, -0.2) is 24.0 Å². The molecule has 0 aliphatic carbocycles. The molecule has 1 aliphatic heterocycles. The number of aromatic amines is 1. The Morgan fingerprint density at radius 1 is 1.13 bits per heavy atom. The first kappa shape index (κ1) is 31.0. The highest BCUT2D eigenvalue weighted by Gasteiger charge is 2.39. The highest BCUT2D eigenvalue weighted by Crippen LogP contribution is 2.38. The van der Waals surface area contributed by atoms with Crippen molar-refractivity contribution in [3.63, 3.8) is 0 Å². The molecule has 1 fully saturated rings. The molecule has 1 aromatic heterocycles. The third-order valence-electron chi connectivity index (χ3n) is 5.62. The van der Waals surface area contributed by atoms with E-state index in [1.54, 1.807) is 30.3 Å². The van der Waals surface area contributed by atoms with Crippen molar-refractivity contribution in [3.05, 3.63) is 98.4 Å². The van der Waals surface area contributed by atoms with Gasteiger partial charge in [-0.05, 0) is 47.7 Å². The maximum Gasteiger partial charge on any atom is 0.249 e. The van der Waals surface area contributed by atoms with E-state index in [9.17, 15) is 23.6 Å². The number of anilines is 1. The second-order valence-electron chi connectivity index (χ2n) is 9.83. The van der Waals surface area contributed by atoms with Gasteiger partial charge in [0, 0.05) is 41.5 Å². The SMILES string of the molecule is CC(C)(C)CC1NCC(c2cccc(Cl)c2F)C1C#N.Fc1cccc(Cl)c1.O=CNc1cc[nH]c(=O)c1. The predicted octanol–water partition coefficient (Wildman–Crippen LogP) is 6.53. The van der Waals surface area contributed by atoms with Gasteiger partial charge in [0.2, 0.25) is 12.0 Å². The largest absolute Gasteiger partial charge is 0.329 e. The minimum Gasteiger partial charge on any atom is -0.329 e. The van der Waals surface area contributed by atoms with Gasteiger partial charge in [-0.2, -0.15) is 5.26 Å². The fraction of sp³-hybridized carbons (Fsp3) is 0.321. The number of aromatic nitrogens is 1. The van der Waals surface area contributed by atoms with Gasteiger partial charge in [-0.1, -0.05) is 62.2 Å². The van der Waals surface area contributed by atoms with Crippen LogP contribution in [0.1, 0.15) is 38.7 Å². The van der Waals surface area contributed by atoms with Gasteiger partial charge < -0.3 is 15.6 Å². The van der Waals surface area contributed by atoms with Crippen molar-refractivity contribution in [2.75, 3.05) is 11.9 Å². The quantitative estimate of drug-likeness (QED) is 0.315. The van der Waals surface area contributed by atoms with Crippen molar-refractivity contribution >= 4 is 35.3 Å². The third kappa shape index (κ3) is 9.90. The summed E-state index contributed by atoms with van der Waals surface area (Å²) in [6.07, 6.45) is 2.88. The summed E-state index contributed by atoms with van der Waals surface area (Å²) >= 11 is 11.3. The molecule has 1 aliphatic rings. The van der Waals surface area contributed by atoms with E-state index in [2.05, 4.69) is 42.5 Å². The van der Waals surface area contributed by atoms with Gasteiger partial charge in [0.25, 0.3) is 0 Å². The summed E-state index contributed by atoms with van der Waals surface area (Å²) < 4.78 is 26.2. The van der Waals surface area contributed by atoms with E-state index in [0.29, 0.717) is 29.2 Å². The predicted molar refractivity (Wildman–Crippen MR) is 147 cm³/mol. The van der Waals surface area contributed by atoms with Gasteiger partial charge in [0.15, 0.2) is 0 Å². The molecule has 6 nitrogen and oxygen atoms in total. The first-order valence-electron chi connectivity index (χ1n) is 11.8. The summed E-state index contributed by atoms with van der Waals surface area (Å²) in [6.45, 7) is 7.07. The number of benzene rings is 2. The first-order valence-corrected chi connectivity index (χ1v) is 12.6. The maximum absolute atomic E-state index is 14.2. The summed E-state index contributed by atoms with van der Waals surface area (Å²) in [5.74, 6) is -1.04. The van der Waals surface area contributed by atoms with E-state index < -0.39 is 5.82 Å². The molecule has 10 heteroatoms. The van der Waals surface area contributed by atoms with E-state index in [4.69, 9.17) is 23.2 Å². The minimum atomic E-state index is -0.391. The number of carbonyl (C=O) groups excluding carboxylic acids is 1. The standard InChI is InChI=1S/C16H20ClFN2.C6H4ClF.C6H6N2O2/c1-16(2,3)7-14-11(8-19)12(9-20-14)10-5-4-6-13(17)15(10)18;7-5-2-1-3-6(8)4-5;9-4-8-5-1-2-7-6(10)3-5/h4-6,11-12,14,20H,7,9H2,1-3H3;1-4H;1-4H,(H2,7,8,9,10). The molecule has 3 aromatic rings. The Balaban J connectivity index is 0.000000233. The topological polar surface area (TPSA) is 97.8 Å². The molecule has 1 saturated heterocycles. The second-order valence-corrected chi connectivity index (χ2v) is 10.7. The minimum absolute atomic E-state index is 0.100. The van der Waals surface area contributed by atoms with Crippen LogP contribution >= 0.6 is 23.2 Å². The number of halogens is 4. The van der Waals surface area contributed by atoms with Gasteiger partial charge in [-0.25, -0.2) is 8.78 Å². The van der Waals surface area contributed by atoms with Crippen LogP contribution in [0.15, 0.2) is 65.6 Å². The Hall–Kier alpha value is -3.25. The molecule has 3 unspecified atom stereocenters. The van der Waals surface area contributed by atoms with Gasteiger partial charge in [0.1, 0.15) is 11.6 Å². The lowest BCUT2D eigenvalue weighted by Gasteiger charge is -2.26. The number of H-pyrrole nitrogens is 1. The summed E-state index contributed by atoms with van der Waals surface area (Å²) in [4.78, 5) is 22.8. The van der Waals surface area contributed by atoms with Crippen LogP contribution in [0, 0.1) is 34.3 Å². The summed E-state index contributed by atoms with van der Waals surface area (Å²) in [5.41, 5.74) is 0.952. The molecule has 0 saturated carbocycles. The molecule has 4 rings (SSSR count). The highest BCUT2D eigenvalue weighted by molar-refractivity contribution is 6.31. The average Bonchev–Trinajstić information content (AvgIpc) is 3.22. The zero-order valence-corrected chi connectivity index (χ0v) is 22.8. The number of rotatable bonds is 4. The normalized spacial score (nSPS) is 18.2. The number of nitrogens with one attached hydrogen (secondary N) is 3. The molecule has 3 N–H and O–H groups in total. The molecule has 0 bridgehead atoms. The molecule has 2 aromatic carbocycles. The molecule has 0 radical (unpaired) electrons. The summed E-state index contributed by atoms with van der Waals surface area (Å²) in [5, 5.41) is 15.8.